The van der Waals surface area contributed by atoms with Crippen LogP contribution in [-0.2, 0) is 4.79 Å². The van der Waals surface area contributed by atoms with E-state index in [0.29, 0.717) is 12.6 Å². The van der Waals surface area contributed by atoms with E-state index in [9.17, 15) is 4.79 Å². The van der Waals surface area contributed by atoms with E-state index in [1.807, 2.05) is 6.08 Å². The van der Waals surface area contributed by atoms with Crippen molar-refractivity contribution in [1.29, 1.82) is 0 Å². The minimum Gasteiger partial charge on any atom is -0.328 e. The van der Waals surface area contributed by atoms with Gasteiger partial charge in [-0.3, -0.25) is 9.69 Å². The highest BCUT2D eigenvalue weighted by Gasteiger charge is 2.27. The molecule has 2 aliphatic carbocycles. The molecule has 4 heteroatoms. The third-order valence-corrected chi connectivity index (χ3v) is 7.35. The fourth-order valence-electron chi connectivity index (χ4n) is 5.29. The summed E-state index contributed by atoms with van der Waals surface area (Å²) in [5, 5.41) is 3.25. The minimum absolute atomic E-state index is 0.0831. The molecule has 0 aromatic carbocycles. The van der Waals surface area contributed by atoms with Crippen LogP contribution in [0, 0.1) is 17.8 Å². The summed E-state index contributed by atoms with van der Waals surface area (Å²) in [5.41, 5.74) is 3.98. The number of hydrogen-bond acceptors (Lipinski definition) is 3. The van der Waals surface area contributed by atoms with E-state index < -0.39 is 0 Å². The van der Waals surface area contributed by atoms with Crippen LogP contribution in [0.25, 0.3) is 0 Å². The monoisotopic (exact) mass is 457 g/mol. The topological polar surface area (TPSA) is 35.6 Å². The largest absolute Gasteiger partial charge is 0.328 e. The summed E-state index contributed by atoms with van der Waals surface area (Å²) < 4.78 is 0. The Labute approximate surface area is 205 Å². The van der Waals surface area contributed by atoms with Crippen LogP contribution in [0.4, 0.5) is 0 Å². The van der Waals surface area contributed by atoms with Crippen molar-refractivity contribution in [3.8, 4) is 11.8 Å². The van der Waals surface area contributed by atoms with Crippen LogP contribution in [0.15, 0.2) is 71.0 Å². The minimum atomic E-state index is 0.0831. The van der Waals surface area contributed by atoms with Crippen molar-refractivity contribution < 1.29 is 4.79 Å². The molecule has 0 spiro atoms. The maximum absolute atomic E-state index is 13.0. The predicted molar refractivity (Wildman–Crippen MR) is 141 cm³/mol. The Morgan fingerprint density at radius 1 is 1.03 bits per heavy atom. The van der Waals surface area contributed by atoms with Gasteiger partial charge in [0.1, 0.15) is 0 Å². The number of amides is 1. The molecule has 1 amide bonds. The van der Waals surface area contributed by atoms with Gasteiger partial charge in [0.05, 0.1) is 6.54 Å². The van der Waals surface area contributed by atoms with Gasteiger partial charge >= 0.3 is 0 Å². The molecule has 0 aromatic heterocycles. The lowest BCUT2D eigenvalue weighted by Crippen LogP contribution is -2.48. The molecule has 2 saturated heterocycles. The third kappa shape index (κ3) is 6.72. The fraction of sp³-hybridized carbons (Fsp3) is 0.500. The molecule has 1 N–H and O–H groups in total. The molecule has 1 atom stereocenters. The highest BCUT2D eigenvalue weighted by molar-refractivity contribution is 5.80. The van der Waals surface area contributed by atoms with Gasteiger partial charge < -0.3 is 10.2 Å². The number of carbonyl (C=O) groups excluding carboxylic acids is 1. The van der Waals surface area contributed by atoms with Crippen molar-refractivity contribution in [2.24, 2.45) is 5.92 Å². The van der Waals surface area contributed by atoms with E-state index in [4.69, 9.17) is 0 Å². The highest BCUT2D eigenvalue weighted by atomic mass is 16.2. The first-order valence-corrected chi connectivity index (χ1v) is 13.0. The van der Waals surface area contributed by atoms with Crippen LogP contribution in [0.1, 0.15) is 52.4 Å². The van der Waals surface area contributed by atoms with Crippen molar-refractivity contribution in [3.63, 3.8) is 0 Å². The average molecular weight is 458 g/mol. The first-order valence-electron chi connectivity index (χ1n) is 13.0. The number of hydrogen-bond donors (Lipinski definition) is 1. The van der Waals surface area contributed by atoms with Gasteiger partial charge in [0.15, 0.2) is 0 Å². The molecule has 0 radical (unpaired) electrons. The number of nitrogens with zero attached hydrogens (tertiary/aromatic N) is 2. The van der Waals surface area contributed by atoms with Crippen LogP contribution >= 0.6 is 0 Å². The molecule has 4 nitrogen and oxygen atoms in total. The second kappa shape index (κ2) is 12.2. The van der Waals surface area contributed by atoms with E-state index >= 15 is 0 Å². The summed E-state index contributed by atoms with van der Waals surface area (Å²) in [7, 11) is 0. The van der Waals surface area contributed by atoms with Crippen LogP contribution in [-0.4, -0.2) is 54.5 Å². The first kappa shape index (κ1) is 24.5. The molecular formula is C30H39N3O. The lowest BCUT2D eigenvalue weighted by molar-refractivity contribution is -0.122. The lowest BCUT2D eigenvalue weighted by atomic mass is 9.99. The summed E-state index contributed by atoms with van der Waals surface area (Å²) in [6, 6.07) is 0.705. The summed E-state index contributed by atoms with van der Waals surface area (Å²) in [6.07, 6.45) is 24.0. The Balaban J connectivity index is 1.36. The molecule has 4 rings (SSSR count). The van der Waals surface area contributed by atoms with E-state index in [0.717, 1.165) is 41.9 Å². The maximum Gasteiger partial charge on any atom is 0.238 e. The Bertz CT molecular complexity index is 984. The Morgan fingerprint density at radius 3 is 2.62 bits per heavy atom. The first-order chi connectivity index (χ1) is 16.6. The lowest BCUT2D eigenvalue weighted by Gasteiger charge is -2.40. The van der Waals surface area contributed by atoms with E-state index in [1.54, 1.807) is 0 Å². The van der Waals surface area contributed by atoms with E-state index in [1.165, 1.54) is 45.2 Å². The van der Waals surface area contributed by atoms with Crippen molar-refractivity contribution in [2.45, 2.75) is 58.4 Å². The van der Waals surface area contributed by atoms with Crippen LogP contribution in [0.3, 0.4) is 0 Å². The normalized spacial score (nSPS) is 24.6. The van der Waals surface area contributed by atoms with Crippen molar-refractivity contribution in [2.75, 3.05) is 32.7 Å². The van der Waals surface area contributed by atoms with Gasteiger partial charge in [-0.1, -0.05) is 61.6 Å². The standard InChI is InChI=1S/C30H39N3O/c1-24-11-10-14-27(16-15-26-12-6-3-4-7-13-26)25(2)30(24)31-29(34)23-32-21-17-28(18-22-32)33-19-8-5-9-20-33/h3,6-7,10-14,24,28H,4-5,8-9,17-23H2,1-2H3,(H,31,34). The number of piperidine rings is 2. The fourth-order valence-corrected chi connectivity index (χ4v) is 5.29. The molecule has 4 aliphatic rings. The zero-order chi connectivity index (χ0) is 23.8. The number of nitrogens with one attached hydrogen (secondary N) is 1. The highest BCUT2D eigenvalue weighted by Crippen LogP contribution is 2.24. The Morgan fingerprint density at radius 2 is 1.82 bits per heavy atom. The van der Waals surface area contributed by atoms with Gasteiger partial charge in [-0.25, -0.2) is 0 Å². The van der Waals surface area contributed by atoms with Gasteiger partial charge in [0.25, 0.3) is 0 Å². The number of likely N-dealkylation sites (tertiary alicyclic amines) is 2. The second-order valence-corrected chi connectivity index (χ2v) is 9.88. The van der Waals surface area contributed by atoms with Crippen LogP contribution in [0.2, 0.25) is 0 Å². The van der Waals surface area contributed by atoms with Gasteiger partial charge in [0.2, 0.25) is 5.91 Å². The van der Waals surface area contributed by atoms with Crippen molar-refractivity contribution >= 4 is 5.91 Å². The van der Waals surface area contributed by atoms with Gasteiger partial charge in [0, 0.05) is 41.9 Å². The van der Waals surface area contributed by atoms with E-state index in [2.05, 4.69) is 83.3 Å². The number of carbonyl (C=O) groups is 1. The zero-order valence-corrected chi connectivity index (χ0v) is 20.9. The summed E-state index contributed by atoms with van der Waals surface area (Å²) in [5.74, 6) is 6.84. The Hall–Kier alpha value is -2.61. The average Bonchev–Trinajstić information content (AvgIpc) is 3.19. The molecule has 34 heavy (non-hydrogen) atoms. The molecule has 2 aliphatic heterocycles. The summed E-state index contributed by atoms with van der Waals surface area (Å²) in [6.45, 7) is 9.20. The second-order valence-electron chi connectivity index (χ2n) is 9.88. The number of rotatable bonds is 4. The Kier molecular flexibility index (Phi) is 8.79. The molecular weight excluding hydrogens is 418 g/mol. The summed E-state index contributed by atoms with van der Waals surface area (Å²) in [4.78, 5) is 18.0. The molecule has 2 heterocycles. The van der Waals surface area contributed by atoms with Crippen molar-refractivity contribution in [1.82, 2.24) is 15.1 Å². The molecule has 1 unspecified atom stereocenters. The predicted octanol–water partition coefficient (Wildman–Crippen LogP) is 4.91. The van der Waals surface area contributed by atoms with Crippen LogP contribution < -0.4 is 5.32 Å². The maximum atomic E-state index is 13.0. The van der Waals surface area contributed by atoms with E-state index in [-0.39, 0.29) is 11.8 Å². The third-order valence-electron chi connectivity index (χ3n) is 7.35. The molecule has 0 bridgehead atoms. The van der Waals surface area contributed by atoms with Crippen LogP contribution in [0.5, 0.6) is 0 Å². The molecule has 180 valence electrons. The zero-order valence-electron chi connectivity index (χ0n) is 20.9. The molecule has 2 fully saturated rings. The summed E-state index contributed by atoms with van der Waals surface area (Å²) >= 11 is 0. The van der Waals surface area contributed by atoms with Gasteiger partial charge in [-0.15, -0.1) is 0 Å². The SMILES string of the molecule is CC1=C(NC(=O)CN2CCC(N3CCCCC3)CC2)C(C)C=CC=C1C#CC1=CC=CCC=C1. The van der Waals surface area contributed by atoms with Gasteiger partial charge in [-0.05, 0) is 69.8 Å². The van der Waals surface area contributed by atoms with Gasteiger partial charge in [-0.2, -0.15) is 0 Å². The molecule has 0 aromatic rings. The smallest absolute Gasteiger partial charge is 0.238 e. The molecule has 0 saturated carbocycles. The quantitative estimate of drug-likeness (QED) is 0.610. The number of allylic oxidation sites excluding steroid dienone is 11. The van der Waals surface area contributed by atoms with Crippen molar-refractivity contribution in [3.05, 3.63) is 71.0 Å².